The average Bonchev–Trinajstić information content (AvgIpc) is 2.50. The largest absolute Gasteiger partial charge is 0.504 e. The van der Waals surface area contributed by atoms with Crippen molar-refractivity contribution < 1.29 is 9.84 Å². The Bertz CT molecular complexity index is 723. The molecular formula is C18H19NO2. The highest BCUT2D eigenvalue weighted by Gasteiger charge is 2.32. The van der Waals surface area contributed by atoms with Crippen molar-refractivity contribution >= 4 is 0 Å². The summed E-state index contributed by atoms with van der Waals surface area (Å²) in [7, 11) is 3.80. The van der Waals surface area contributed by atoms with Gasteiger partial charge in [-0.15, -0.1) is 0 Å². The van der Waals surface area contributed by atoms with E-state index in [9.17, 15) is 5.11 Å². The predicted molar refractivity (Wildman–Crippen MR) is 82.9 cm³/mol. The number of methoxy groups -OCH3 is 1. The van der Waals surface area contributed by atoms with Crippen molar-refractivity contribution in [1.82, 2.24) is 4.90 Å². The monoisotopic (exact) mass is 281 g/mol. The molecule has 1 heterocycles. The number of fused-ring (bicyclic) bond motifs is 2. The molecule has 0 aromatic heterocycles. The molecule has 4 rings (SSSR count). The van der Waals surface area contributed by atoms with E-state index in [1.807, 2.05) is 12.1 Å². The lowest BCUT2D eigenvalue weighted by atomic mass is 9.77. The van der Waals surface area contributed by atoms with E-state index in [0.29, 0.717) is 11.8 Å². The van der Waals surface area contributed by atoms with Gasteiger partial charge in [0, 0.05) is 12.6 Å². The van der Waals surface area contributed by atoms with Crippen LogP contribution in [0, 0.1) is 0 Å². The van der Waals surface area contributed by atoms with Gasteiger partial charge in [0.2, 0.25) is 0 Å². The molecule has 3 heteroatoms. The van der Waals surface area contributed by atoms with Crippen LogP contribution in [-0.2, 0) is 12.8 Å². The summed E-state index contributed by atoms with van der Waals surface area (Å²) in [6.45, 7) is 1.10. The van der Waals surface area contributed by atoms with E-state index in [1.165, 1.54) is 22.3 Å². The van der Waals surface area contributed by atoms with E-state index in [4.69, 9.17) is 4.74 Å². The third-order valence-corrected chi connectivity index (χ3v) is 4.90. The van der Waals surface area contributed by atoms with E-state index in [2.05, 4.69) is 30.1 Å². The molecule has 2 aromatic rings. The van der Waals surface area contributed by atoms with Gasteiger partial charge >= 0.3 is 0 Å². The molecule has 1 aliphatic heterocycles. The third-order valence-electron chi connectivity index (χ3n) is 4.90. The Hall–Kier alpha value is -2.00. The molecule has 21 heavy (non-hydrogen) atoms. The second-order valence-corrected chi connectivity index (χ2v) is 6.01. The number of aromatic hydroxyl groups is 1. The van der Waals surface area contributed by atoms with Gasteiger partial charge in [0.1, 0.15) is 0 Å². The Kier molecular flexibility index (Phi) is 2.73. The Morgan fingerprint density at radius 2 is 2.05 bits per heavy atom. The number of benzene rings is 2. The molecule has 1 aliphatic carbocycles. The summed E-state index contributed by atoms with van der Waals surface area (Å²) < 4.78 is 5.27. The van der Waals surface area contributed by atoms with Crippen molar-refractivity contribution in [3.05, 3.63) is 47.0 Å². The Morgan fingerprint density at radius 1 is 1.19 bits per heavy atom. The van der Waals surface area contributed by atoms with Crippen LogP contribution in [0.15, 0.2) is 30.3 Å². The fourth-order valence-corrected chi connectivity index (χ4v) is 3.79. The number of hydrogen-bond donors (Lipinski definition) is 1. The number of phenols is 1. The summed E-state index contributed by atoms with van der Waals surface area (Å²) in [5.74, 6) is 0.781. The van der Waals surface area contributed by atoms with Crippen LogP contribution in [0.3, 0.4) is 0 Å². The minimum atomic E-state index is 0.219. The number of hydrogen-bond acceptors (Lipinski definition) is 3. The maximum absolute atomic E-state index is 10.1. The number of likely N-dealkylation sites (N-methyl/N-ethyl adjacent to an activating group) is 1. The quantitative estimate of drug-likeness (QED) is 0.871. The molecule has 1 atom stereocenters. The van der Waals surface area contributed by atoms with Crippen molar-refractivity contribution in [3.8, 4) is 22.6 Å². The van der Waals surface area contributed by atoms with Gasteiger partial charge in [-0.3, -0.25) is 4.90 Å². The molecular weight excluding hydrogens is 262 g/mol. The first kappa shape index (κ1) is 12.7. The van der Waals surface area contributed by atoms with Crippen LogP contribution in [0.5, 0.6) is 11.5 Å². The van der Waals surface area contributed by atoms with Crippen LogP contribution in [0.2, 0.25) is 0 Å². The average molecular weight is 281 g/mol. The molecule has 3 nitrogen and oxygen atoms in total. The fourth-order valence-electron chi connectivity index (χ4n) is 3.79. The summed E-state index contributed by atoms with van der Waals surface area (Å²) in [4.78, 5) is 2.44. The van der Waals surface area contributed by atoms with Gasteiger partial charge in [0.05, 0.1) is 7.11 Å². The molecule has 1 unspecified atom stereocenters. The zero-order chi connectivity index (χ0) is 14.6. The second kappa shape index (κ2) is 4.50. The normalized spacial score (nSPS) is 19.8. The topological polar surface area (TPSA) is 32.7 Å². The van der Waals surface area contributed by atoms with E-state index in [0.717, 1.165) is 24.9 Å². The zero-order valence-electron chi connectivity index (χ0n) is 12.4. The number of nitrogens with zero attached hydrogens (tertiary/aromatic N) is 1. The summed E-state index contributed by atoms with van der Waals surface area (Å²) in [6.07, 6.45) is 2.08. The Morgan fingerprint density at radius 3 is 2.86 bits per heavy atom. The van der Waals surface area contributed by atoms with Gasteiger partial charge in [0.15, 0.2) is 11.5 Å². The third kappa shape index (κ3) is 1.77. The van der Waals surface area contributed by atoms with Crippen molar-refractivity contribution in [2.45, 2.75) is 18.9 Å². The number of rotatable bonds is 1. The molecule has 108 valence electrons. The smallest absolute Gasteiger partial charge is 0.160 e. The van der Waals surface area contributed by atoms with Crippen LogP contribution in [0.25, 0.3) is 11.1 Å². The van der Waals surface area contributed by atoms with Gasteiger partial charge in [0.25, 0.3) is 0 Å². The lowest BCUT2D eigenvalue weighted by Crippen LogP contribution is -2.35. The summed E-state index contributed by atoms with van der Waals surface area (Å²) in [6, 6.07) is 10.8. The highest BCUT2D eigenvalue weighted by Crippen LogP contribution is 2.47. The minimum absolute atomic E-state index is 0.219. The molecule has 0 saturated carbocycles. The van der Waals surface area contributed by atoms with Crippen molar-refractivity contribution in [3.63, 3.8) is 0 Å². The highest BCUT2D eigenvalue weighted by molar-refractivity contribution is 5.78. The Balaban J connectivity index is 1.98. The lowest BCUT2D eigenvalue weighted by Gasteiger charge is -2.39. The van der Waals surface area contributed by atoms with Gasteiger partial charge in [-0.1, -0.05) is 18.2 Å². The SMILES string of the molecule is COc1cc2c(cc1O)-c1cccc3c1C(C2)N(C)CC3. The second-order valence-electron chi connectivity index (χ2n) is 6.01. The van der Waals surface area contributed by atoms with Crippen molar-refractivity contribution in [2.75, 3.05) is 20.7 Å². The van der Waals surface area contributed by atoms with Gasteiger partial charge in [-0.25, -0.2) is 0 Å². The van der Waals surface area contributed by atoms with E-state index in [-0.39, 0.29) is 5.75 Å². The zero-order valence-corrected chi connectivity index (χ0v) is 12.4. The standard InChI is InChI=1S/C18H19NO2/c1-19-7-6-11-4-3-5-13-14-10-16(20)17(21-2)9-12(14)8-15(19)18(11)13/h3-5,9-10,15,20H,6-8H2,1-2H3. The molecule has 0 bridgehead atoms. The molecule has 0 saturated heterocycles. The van der Waals surface area contributed by atoms with Crippen LogP contribution >= 0.6 is 0 Å². The lowest BCUT2D eigenvalue weighted by molar-refractivity contribution is 0.228. The van der Waals surface area contributed by atoms with E-state index in [1.54, 1.807) is 7.11 Å². The minimum Gasteiger partial charge on any atom is -0.504 e. The first-order valence-corrected chi connectivity index (χ1v) is 7.41. The van der Waals surface area contributed by atoms with Crippen molar-refractivity contribution in [2.24, 2.45) is 0 Å². The predicted octanol–water partition coefficient (Wildman–Crippen LogP) is 3.15. The first-order valence-electron chi connectivity index (χ1n) is 7.41. The van der Waals surface area contributed by atoms with Crippen LogP contribution in [0.1, 0.15) is 22.7 Å². The molecule has 2 aromatic carbocycles. The number of ether oxygens (including phenoxy) is 1. The maximum atomic E-state index is 10.1. The van der Waals surface area contributed by atoms with Crippen LogP contribution in [-0.4, -0.2) is 30.7 Å². The number of phenolic OH excluding ortho intramolecular Hbond substituents is 1. The van der Waals surface area contributed by atoms with Gasteiger partial charge in [-0.2, -0.15) is 0 Å². The van der Waals surface area contributed by atoms with Gasteiger partial charge in [-0.05, 0) is 59.8 Å². The molecule has 0 radical (unpaired) electrons. The molecule has 0 amide bonds. The summed E-state index contributed by atoms with van der Waals surface area (Å²) in [5, 5.41) is 10.1. The van der Waals surface area contributed by atoms with Crippen molar-refractivity contribution in [1.29, 1.82) is 0 Å². The first-order chi connectivity index (χ1) is 10.2. The van der Waals surface area contributed by atoms with E-state index < -0.39 is 0 Å². The summed E-state index contributed by atoms with van der Waals surface area (Å²) in [5.41, 5.74) is 6.58. The van der Waals surface area contributed by atoms with E-state index >= 15 is 0 Å². The maximum Gasteiger partial charge on any atom is 0.160 e. The molecule has 2 aliphatic rings. The fraction of sp³-hybridized carbons (Fsp3) is 0.333. The molecule has 1 N–H and O–H groups in total. The molecule has 0 fully saturated rings. The molecule has 0 spiro atoms. The van der Waals surface area contributed by atoms with Crippen LogP contribution in [0.4, 0.5) is 0 Å². The van der Waals surface area contributed by atoms with Gasteiger partial charge < -0.3 is 9.84 Å². The Labute approximate surface area is 124 Å². The summed E-state index contributed by atoms with van der Waals surface area (Å²) >= 11 is 0. The van der Waals surface area contributed by atoms with Crippen LogP contribution < -0.4 is 4.74 Å². The highest BCUT2D eigenvalue weighted by atomic mass is 16.5.